The number of aryl methyl sites for hydroxylation is 2. The van der Waals surface area contributed by atoms with Gasteiger partial charge in [-0.1, -0.05) is 0 Å². The van der Waals surface area contributed by atoms with Crippen LogP contribution in [0, 0.1) is 26.7 Å². The standard InChI is InChI=1S/C17H26N2O2/c1-11-12(2)21-13(3)16(11)17(20)19-8-6-15(7-9-19)18-10-14-4-5-14/h14-15,18H,4-10H2,1-3H3. The van der Waals surface area contributed by atoms with Crippen LogP contribution in [-0.2, 0) is 0 Å². The third-order valence-corrected chi connectivity index (χ3v) is 4.95. The molecule has 0 atom stereocenters. The van der Waals surface area contributed by atoms with Crippen molar-refractivity contribution >= 4 is 5.91 Å². The highest BCUT2D eigenvalue weighted by Gasteiger charge is 2.28. The third-order valence-electron chi connectivity index (χ3n) is 4.95. The Morgan fingerprint density at radius 3 is 2.33 bits per heavy atom. The number of nitrogens with zero attached hydrogens (tertiary/aromatic N) is 1. The van der Waals surface area contributed by atoms with E-state index in [4.69, 9.17) is 4.42 Å². The maximum Gasteiger partial charge on any atom is 0.257 e. The number of amides is 1. The lowest BCUT2D eigenvalue weighted by molar-refractivity contribution is 0.0702. The van der Waals surface area contributed by atoms with Crippen molar-refractivity contribution in [3.8, 4) is 0 Å². The lowest BCUT2D eigenvalue weighted by atomic mass is 10.0. The molecule has 0 radical (unpaired) electrons. The first kappa shape index (κ1) is 14.6. The van der Waals surface area contributed by atoms with Crippen LogP contribution in [0.15, 0.2) is 4.42 Å². The Morgan fingerprint density at radius 1 is 1.14 bits per heavy atom. The number of furan rings is 1. The van der Waals surface area contributed by atoms with Crippen LogP contribution >= 0.6 is 0 Å². The van der Waals surface area contributed by atoms with E-state index in [0.29, 0.717) is 6.04 Å². The molecule has 1 aliphatic carbocycles. The monoisotopic (exact) mass is 290 g/mol. The molecular formula is C17H26N2O2. The highest BCUT2D eigenvalue weighted by molar-refractivity contribution is 5.96. The Hall–Kier alpha value is -1.29. The quantitative estimate of drug-likeness (QED) is 0.927. The fourth-order valence-corrected chi connectivity index (χ4v) is 3.21. The van der Waals surface area contributed by atoms with E-state index in [1.54, 1.807) is 0 Å². The molecule has 0 bridgehead atoms. The minimum atomic E-state index is 0.141. The molecule has 2 fully saturated rings. The molecule has 0 spiro atoms. The van der Waals surface area contributed by atoms with Crippen molar-refractivity contribution in [2.45, 2.75) is 52.5 Å². The van der Waals surface area contributed by atoms with Crippen LogP contribution in [0.25, 0.3) is 0 Å². The van der Waals surface area contributed by atoms with Crippen molar-refractivity contribution in [1.82, 2.24) is 10.2 Å². The predicted octanol–water partition coefficient (Wildman–Crippen LogP) is 2.81. The SMILES string of the molecule is Cc1oc(C)c(C(=O)N2CCC(NCC3CC3)CC2)c1C. The fraction of sp³-hybridized carbons (Fsp3) is 0.706. The first-order valence-corrected chi connectivity index (χ1v) is 8.15. The van der Waals surface area contributed by atoms with Crippen LogP contribution < -0.4 is 5.32 Å². The number of hydrogen-bond acceptors (Lipinski definition) is 3. The summed E-state index contributed by atoms with van der Waals surface area (Å²) in [6.45, 7) is 8.65. The molecule has 1 aromatic rings. The van der Waals surface area contributed by atoms with Gasteiger partial charge in [0.05, 0.1) is 5.56 Å². The fourth-order valence-electron chi connectivity index (χ4n) is 3.21. The largest absolute Gasteiger partial charge is 0.466 e. The summed E-state index contributed by atoms with van der Waals surface area (Å²) in [6, 6.07) is 0.586. The van der Waals surface area contributed by atoms with Gasteiger partial charge in [-0.2, -0.15) is 0 Å². The topological polar surface area (TPSA) is 45.5 Å². The average molecular weight is 290 g/mol. The van der Waals surface area contributed by atoms with Gasteiger partial charge in [0.2, 0.25) is 0 Å². The zero-order valence-corrected chi connectivity index (χ0v) is 13.4. The maximum atomic E-state index is 12.7. The lowest BCUT2D eigenvalue weighted by Crippen LogP contribution is -2.45. The normalized spacial score (nSPS) is 20.0. The summed E-state index contributed by atoms with van der Waals surface area (Å²) < 4.78 is 5.59. The number of likely N-dealkylation sites (tertiary alicyclic amines) is 1. The highest BCUT2D eigenvalue weighted by atomic mass is 16.3. The van der Waals surface area contributed by atoms with E-state index in [0.717, 1.165) is 61.0 Å². The average Bonchev–Trinajstić information content (AvgIpc) is 3.25. The lowest BCUT2D eigenvalue weighted by Gasteiger charge is -2.32. The molecule has 3 rings (SSSR count). The third kappa shape index (κ3) is 3.15. The van der Waals surface area contributed by atoms with Gasteiger partial charge in [0.25, 0.3) is 5.91 Å². The van der Waals surface area contributed by atoms with E-state index in [9.17, 15) is 4.79 Å². The molecule has 1 aliphatic heterocycles. The molecule has 1 saturated heterocycles. The molecule has 0 unspecified atom stereocenters. The molecule has 1 N–H and O–H groups in total. The van der Waals surface area contributed by atoms with Gasteiger partial charge in [0.15, 0.2) is 0 Å². The van der Waals surface area contributed by atoms with E-state index in [-0.39, 0.29) is 5.91 Å². The maximum absolute atomic E-state index is 12.7. The molecule has 1 amide bonds. The van der Waals surface area contributed by atoms with Gasteiger partial charge in [-0.15, -0.1) is 0 Å². The summed E-state index contributed by atoms with van der Waals surface area (Å²) in [5.41, 5.74) is 1.77. The van der Waals surface area contributed by atoms with E-state index < -0.39 is 0 Å². The Kier molecular flexibility index (Phi) is 4.07. The Balaban J connectivity index is 1.56. The van der Waals surface area contributed by atoms with Crippen LogP contribution in [0.5, 0.6) is 0 Å². The summed E-state index contributed by atoms with van der Waals surface area (Å²) in [5, 5.41) is 3.65. The van der Waals surface area contributed by atoms with Crippen LogP contribution in [-0.4, -0.2) is 36.5 Å². The van der Waals surface area contributed by atoms with Crippen molar-refractivity contribution in [2.24, 2.45) is 5.92 Å². The molecule has 21 heavy (non-hydrogen) atoms. The molecule has 2 heterocycles. The van der Waals surface area contributed by atoms with Crippen molar-refractivity contribution in [2.75, 3.05) is 19.6 Å². The minimum Gasteiger partial charge on any atom is -0.466 e. The number of carbonyl (C=O) groups excluding carboxylic acids is 1. The van der Waals surface area contributed by atoms with Gasteiger partial charge < -0.3 is 14.6 Å². The summed E-state index contributed by atoms with van der Waals surface area (Å²) >= 11 is 0. The van der Waals surface area contributed by atoms with E-state index >= 15 is 0 Å². The Labute approximate surface area is 126 Å². The van der Waals surface area contributed by atoms with E-state index in [1.807, 2.05) is 25.7 Å². The van der Waals surface area contributed by atoms with Crippen LogP contribution in [0.4, 0.5) is 0 Å². The number of hydrogen-bond donors (Lipinski definition) is 1. The summed E-state index contributed by atoms with van der Waals surface area (Å²) in [5.74, 6) is 2.67. The molecular weight excluding hydrogens is 264 g/mol. The summed E-state index contributed by atoms with van der Waals surface area (Å²) in [6.07, 6.45) is 4.91. The molecule has 0 aromatic carbocycles. The number of carbonyl (C=O) groups is 1. The second kappa shape index (κ2) is 5.84. The zero-order valence-electron chi connectivity index (χ0n) is 13.4. The van der Waals surface area contributed by atoms with Crippen LogP contribution in [0.2, 0.25) is 0 Å². The molecule has 2 aliphatic rings. The van der Waals surface area contributed by atoms with Crippen molar-refractivity contribution < 1.29 is 9.21 Å². The molecule has 116 valence electrons. The summed E-state index contributed by atoms with van der Waals surface area (Å²) in [7, 11) is 0. The number of piperidine rings is 1. The Bertz CT molecular complexity index is 523. The van der Waals surface area contributed by atoms with Crippen LogP contribution in [0.3, 0.4) is 0 Å². The molecule has 4 heteroatoms. The number of rotatable bonds is 4. The first-order chi connectivity index (χ1) is 10.1. The Morgan fingerprint density at radius 2 is 1.81 bits per heavy atom. The predicted molar refractivity (Wildman–Crippen MR) is 82.6 cm³/mol. The van der Waals surface area contributed by atoms with Gasteiger partial charge in [0.1, 0.15) is 11.5 Å². The second-order valence-corrected chi connectivity index (χ2v) is 6.63. The van der Waals surface area contributed by atoms with Crippen molar-refractivity contribution in [3.63, 3.8) is 0 Å². The molecule has 1 saturated carbocycles. The van der Waals surface area contributed by atoms with Gasteiger partial charge in [0, 0.05) is 24.7 Å². The van der Waals surface area contributed by atoms with E-state index in [1.165, 1.54) is 12.8 Å². The summed E-state index contributed by atoms with van der Waals surface area (Å²) in [4.78, 5) is 14.7. The van der Waals surface area contributed by atoms with Gasteiger partial charge in [-0.05, 0) is 58.9 Å². The van der Waals surface area contributed by atoms with Gasteiger partial charge in [-0.25, -0.2) is 0 Å². The second-order valence-electron chi connectivity index (χ2n) is 6.63. The first-order valence-electron chi connectivity index (χ1n) is 8.15. The zero-order chi connectivity index (χ0) is 15.0. The van der Waals surface area contributed by atoms with E-state index in [2.05, 4.69) is 5.32 Å². The molecule has 4 nitrogen and oxygen atoms in total. The van der Waals surface area contributed by atoms with Crippen LogP contribution in [0.1, 0.15) is 53.1 Å². The van der Waals surface area contributed by atoms with Gasteiger partial charge in [-0.3, -0.25) is 4.79 Å². The number of nitrogens with one attached hydrogen (secondary N) is 1. The van der Waals surface area contributed by atoms with Crippen molar-refractivity contribution in [1.29, 1.82) is 0 Å². The molecule has 1 aromatic heterocycles. The minimum absolute atomic E-state index is 0.141. The smallest absolute Gasteiger partial charge is 0.257 e. The van der Waals surface area contributed by atoms with Gasteiger partial charge >= 0.3 is 0 Å². The van der Waals surface area contributed by atoms with Crippen molar-refractivity contribution in [3.05, 3.63) is 22.6 Å². The highest BCUT2D eigenvalue weighted by Crippen LogP contribution is 2.28.